The van der Waals surface area contributed by atoms with Crippen LogP contribution in [0.5, 0.6) is 0 Å². The lowest BCUT2D eigenvalue weighted by Gasteiger charge is -2.22. The number of fused-ring (bicyclic) bond motifs is 15. The van der Waals surface area contributed by atoms with Crippen LogP contribution in [-0.4, -0.2) is 4.40 Å². The maximum absolute atomic E-state index is 6.15. The second-order valence-electron chi connectivity index (χ2n) is 16.5. The van der Waals surface area contributed by atoms with E-state index < -0.39 is 0 Å². The molecule has 0 spiro atoms. The Morgan fingerprint density at radius 1 is 0.429 bits per heavy atom. The van der Waals surface area contributed by atoms with Gasteiger partial charge in [-0.1, -0.05) is 146 Å². The van der Waals surface area contributed by atoms with Gasteiger partial charge in [-0.3, -0.25) is 0 Å². The molecule has 0 fully saturated rings. The van der Waals surface area contributed by atoms with Crippen LogP contribution in [0.2, 0.25) is 0 Å². The Labute approximate surface area is 363 Å². The first-order valence-electron chi connectivity index (χ1n) is 21.5. The zero-order chi connectivity index (χ0) is 41.6. The van der Waals surface area contributed by atoms with E-state index in [1.165, 1.54) is 70.4 Å². The van der Waals surface area contributed by atoms with Gasteiger partial charge in [0.1, 0.15) is 11.2 Å². The lowest BCUT2D eigenvalue weighted by Crippen LogP contribution is -2.08. The smallest absolute Gasteiger partial charge is 0.135 e. The molecule has 0 aliphatic heterocycles. The summed E-state index contributed by atoms with van der Waals surface area (Å²) in [6.45, 7) is 4.33. The van der Waals surface area contributed by atoms with Crippen LogP contribution in [0.1, 0.15) is 5.56 Å². The summed E-state index contributed by atoms with van der Waals surface area (Å²) in [4.78, 5) is 2.30. The molecule has 3 heterocycles. The van der Waals surface area contributed by atoms with Crippen LogP contribution in [0.25, 0.3) is 109 Å². The van der Waals surface area contributed by atoms with Crippen molar-refractivity contribution >= 4 is 109 Å². The van der Waals surface area contributed by atoms with E-state index in [9.17, 15) is 0 Å². The number of anilines is 2. The molecule has 3 heteroatoms. The summed E-state index contributed by atoms with van der Waals surface area (Å²) in [5.74, 6) is 0. The first-order valence-corrected chi connectivity index (χ1v) is 21.5. The highest BCUT2D eigenvalue weighted by molar-refractivity contribution is 6.26. The van der Waals surface area contributed by atoms with Crippen molar-refractivity contribution in [2.45, 2.75) is 0 Å². The predicted molar refractivity (Wildman–Crippen MR) is 269 cm³/mol. The lowest BCUT2D eigenvalue weighted by atomic mass is 9.94. The van der Waals surface area contributed by atoms with Gasteiger partial charge in [0, 0.05) is 49.9 Å². The van der Waals surface area contributed by atoms with E-state index in [1.54, 1.807) is 0 Å². The molecule has 3 aromatic heterocycles. The predicted octanol–water partition coefficient (Wildman–Crippen LogP) is 16.8. The van der Waals surface area contributed by atoms with Crippen molar-refractivity contribution in [3.05, 3.63) is 231 Å². The Hall–Kier alpha value is -8.40. The fourth-order valence-electron chi connectivity index (χ4n) is 10.2. The van der Waals surface area contributed by atoms with Gasteiger partial charge < -0.3 is 13.7 Å². The standard InChI is InChI=1S/C60H38N2O/c1-2-38(41-35-54-49-19-7-10-22-56(49)62-57-23-11-8-20-50(57)55(36-41)60(54)62)14-13-33-61(43-30-31-48-46-17-4-3-15-44(46)45-16-5-6-18-47(45)52(48)37-43)42-28-25-39(26-29-42)40-27-32-59-53(34-40)51-21-9-12-24-58(51)63-59/h2-37H,1H2/b33-13+,38-14+. The van der Waals surface area contributed by atoms with Crippen molar-refractivity contribution in [1.82, 2.24) is 4.40 Å². The van der Waals surface area contributed by atoms with Crippen LogP contribution in [0.4, 0.5) is 11.4 Å². The highest BCUT2D eigenvalue weighted by Crippen LogP contribution is 2.42. The van der Waals surface area contributed by atoms with E-state index >= 15 is 0 Å². The van der Waals surface area contributed by atoms with Gasteiger partial charge >= 0.3 is 0 Å². The van der Waals surface area contributed by atoms with Crippen LogP contribution in [0.15, 0.2) is 230 Å². The number of hydrogen-bond acceptors (Lipinski definition) is 2. The molecule has 0 atom stereocenters. The SMILES string of the molecule is C=C/C(=C\C=C\N(c1ccc(-c2ccc3oc4ccccc4c3c2)cc1)c1ccc2c3ccccc3c3ccccc3c2c1)c1cc2c3ccccc3n3c4ccccc4c(c1)c23. The van der Waals surface area contributed by atoms with Crippen LogP contribution >= 0.6 is 0 Å². The molecule has 3 nitrogen and oxygen atoms in total. The first-order chi connectivity index (χ1) is 31.2. The Morgan fingerprint density at radius 2 is 0.952 bits per heavy atom. The molecule has 0 aliphatic rings. The van der Waals surface area contributed by atoms with E-state index in [2.05, 4.69) is 216 Å². The van der Waals surface area contributed by atoms with Crippen molar-refractivity contribution in [2.24, 2.45) is 0 Å². The van der Waals surface area contributed by atoms with E-state index in [0.29, 0.717) is 0 Å². The average Bonchev–Trinajstić information content (AvgIpc) is 4.01. The molecule has 10 aromatic carbocycles. The molecule has 13 rings (SSSR count). The van der Waals surface area contributed by atoms with Gasteiger partial charge in [-0.2, -0.15) is 0 Å². The summed E-state index contributed by atoms with van der Waals surface area (Å²) in [6, 6.07) is 70.2. The topological polar surface area (TPSA) is 20.8 Å². The molecule has 63 heavy (non-hydrogen) atoms. The third-order valence-corrected chi connectivity index (χ3v) is 13.1. The summed E-state index contributed by atoms with van der Waals surface area (Å²) in [7, 11) is 0. The number of hydrogen-bond donors (Lipinski definition) is 0. The first kappa shape index (κ1) is 35.4. The summed E-state index contributed by atoms with van der Waals surface area (Å²) in [5.41, 5.74) is 12.2. The van der Waals surface area contributed by atoms with Gasteiger partial charge in [-0.15, -0.1) is 0 Å². The molecule has 13 aromatic rings. The number of furan rings is 1. The number of nitrogens with zero attached hydrogens (tertiary/aromatic N) is 2. The van der Waals surface area contributed by atoms with E-state index in [-0.39, 0.29) is 0 Å². The summed E-state index contributed by atoms with van der Waals surface area (Å²) in [6.07, 6.45) is 8.51. The van der Waals surface area contributed by atoms with Crippen molar-refractivity contribution in [3.8, 4) is 11.1 Å². The molecule has 0 radical (unpaired) electrons. The van der Waals surface area contributed by atoms with Crippen LogP contribution in [0.3, 0.4) is 0 Å². The summed E-state index contributed by atoms with van der Waals surface area (Å²) < 4.78 is 8.57. The van der Waals surface area contributed by atoms with Crippen LogP contribution in [0, 0.1) is 0 Å². The van der Waals surface area contributed by atoms with Gasteiger partial charge in [0.2, 0.25) is 0 Å². The number of aromatic nitrogens is 1. The van der Waals surface area contributed by atoms with Crippen LogP contribution in [-0.2, 0) is 0 Å². The van der Waals surface area contributed by atoms with Crippen molar-refractivity contribution in [3.63, 3.8) is 0 Å². The van der Waals surface area contributed by atoms with Gasteiger partial charge in [0.15, 0.2) is 0 Å². The Balaban J connectivity index is 0.952. The monoisotopic (exact) mass is 802 g/mol. The molecule has 0 amide bonds. The minimum atomic E-state index is 0.900. The van der Waals surface area contributed by atoms with E-state index in [0.717, 1.165) is 55.6 Å². The second kappa shape index (κ2) is 13.8. The number of allylic oxidation sites excluding steroid dienone is 4. The van der Waals surface area contributed by atoms with Crippen molar-refractivity contribution < 1.29 is 4.42 Å². The maximum Gasteiger partial charge on any atom is 0.135 e. The highest BCUT2D eigenvalue weighted by atomic mass is 16.3. The maximum atomic E-state index is 6.15. The minimum absolute atomic E-state index is 0.900. The summed E-state index contributed by atoms with van der Waals surface area (Å²) >= 11 is 0. The van der Waals surface area contributed by atoms with Gasteiger partial charge in [-0.05, 0) is 127 Å². The van der Waals surface area contributed by atoms with E-state index in [4.69, 9.17) is 4.42 Å². The van der Waals surface area contributed by atoms with Gasteiger partial charge in [0.05, 0.1) is 16.6 Å². The molecule has 0 saturated carbocycles. The largest absolute Gasteiger partial charge is 0.456 e. The minimum Gasteiger partial charge on any atom is -0.456 e. The molecular formula is C60H38N2O. The fourth-order valence-corrected chi connectivity index (χ4v) is 10.2. The van der Waals surface area contributed by atoms with E-state index in [1.807, 2.05) is 18.2 Å². The quantitative estimate of drug-likeness (QED) is 0.118. The molecule has 0 N–H and O–H groups in total. The Morgan fingerprint density at radius 3 is 1.60 bits per heavy atom. The highest BCUT2D eigenvalue weighted by Gasteiger charge is 2.19. The molecule has 0 aliphatic carbocycles. The molecular weight excluding hydrogens is 765 g/mol. The molecule has 0 bridgehead atoms. The third-order valence-electron chi connectivity index (χ3n) is 13.1. The second-order valence-corrected chi connectivity index (χ2v) is 16.5. The average molecular weight is 803 g/mol. The number of rotatable bonds is 7. The molecule has 0 saturated heterocycles. The molecule has 294 valence electrons. The zero-order valence-corrected chi connectivity index (χ0v) is 34.3. The normalized spacial score (nSPS) is 12.5. The molecule has 0 unspecified atom stereocenters. The lowest BCUT2D eigenvalue weighted by molar-refractivity contribution is 0.669. The van der Waals surface area contributed by atoms with Gasteiger partial charge in [-0.25, -0.2) is 0 Å². The van der Waals surface area contributed by atoms with Crippen molar-refractivity contribution in [2.75, 3.05) is 4.90 Å². The fraction of sp³-hybridized carbons (Fsp3) is 0. The van der Waals surface area contributed by atoms with Gasteiger partial charge in [0.25, 0.3) is 0 Å². The number of benzene rings is 10. The number of para-hydroxylation sites is 3. The summed E-state index contributed by atoms with van der Waals surface area (Å²) in [5, 5.41) is 14.8. The van der Waals surface area contributed by atoms with Crippen molar-refractivity contribution in [1.29, 1.82) is 0 Å². The van der Waals surface area contributed by atoms with Crippen LogP contribution < -0.4 is 4.90 Å². The zero-order valence-electron chi connectivity index (χ0n) is 34.3. The third kappa shape index (κ3) is 5.40. The Kier molecular flexibility index (Phi) is 7.76. The Bertz CT molecular complexity index is 3930.